The second-order valence-corrected chi connectivity index (χ2v) is 8.37. The number of benzene rings is 2. The van der Waals surface area contributed by atoms with Gasteiger partial charge < -0.3 is 24.8 Å². The summed E-state index contributed by atoms with van der Waals surface area (Å²) in [6, 6.07) is 15.9. The molecule has 0 aliphatic heterocycles. The Labute approximate surface area is 187 Å². The quantitative estimate of drug-likeness (QED) is 0.385. The van der Waals surface area contributed by atoms with Gasteiger partial charge in [-0.05, 0) is 43.0 Å². The molecule has 2 aromatic carbocycles. The van der Waals surface area contributed by atoms with E-state index in [2.05, 4.69) is 10.6 Å². The molecule has 1 aliphatic rings. The van der Waals surface area contributed by atoms with E-state index in [0.29, 0.717) is 6.54 Å². The molecule has 0 fully saturated rings. The minimum atomic E-state index is -1.04. The molecule has 1 aliphatic carbocycles. The Morgan fingerprint density at radius 1 is 0.906 bits per heavy atom. The fourth-order valence-corrected chi connectivity index (χ4v) is 3.51. The van der Waals surface area contributed by atoms with Crippen molar-refractivity contribution in [2.45, 2.75) is 32.3 Å². The van der Waals surface area contributed by atoms with E-state index in [1.165, 1.54) is 0 Å². The predicted molar refractivity (Wildman–Crippen MR) is 118 cm³/mol. The summed E-state index contributed by atoms with van der Waals surface area (Å²) in [5.74, 6) is -0.874. The van der Waals surface area contributed by atoms with Crippen molar-refractivity contribution < 1.29 is 28.6 Å². The molecule has 8 nitrogen and oxygen atoms in total. The molecule has 0 bridgehead atoms. The van der Waals surface area contributed by atoms with Crippen LogP contribution in [0.1, 0.15) is 37.8 Å². The molecular weight excluding hydrogens is 412 g/mol. The van der Waals surface area contributed by atoms with Crippen molar-refractivity contribution in [1.29, 1.82) is 0 Å². The minimum absolute atomic E-state index is 0.0768. The number of alkyl carbamates (subject to hydrolysis) is 1. The summed E-state index contributed by atoms with van der Waals surface area (Å²) >= 11 is 0. The number of hydrogen-bond donors (Lipinski definition) is 2. The number of fused-ring (bicyclic) bond motifs is 3. The van der Waals surface area contributed by atoms with Gasteiger partial charge in [0.1, 0.15) is 12.2 Å². The van der Waals surface area contributed by atoms with Crippen molar-refractivity contribution in [2.24, 2.45) is 0 Å². The molecule has 0 atom stereocenters. The van der Waals surface area contributed by atoms with Gasteiger partial charge in [0.05, 0.1) is 6.54 Å². The van der Waals surface area contributed by atoms with Gasteiger partial charge in [-0.1, -0.05) is 48.5 Å². The molecule has 0 unspecified atom stereocenters. The highest BCUT2D eigenvalue weighted by Crippen LogP contribution is 2.44. The lowest BCUT2D eigenvalue weighted by atomic mass is 9.98. The third-order valence-corrected chi connectivity index (χ3v) is 4.77. The van der Waals surface area contributed by atoms with Crippen LogP contribution < -0.4 is 10.6 Å². The lowest BCUT2D eigenvalue weighted by molar-refractivity contribution is -0.138. The Morgan fingerprint density at radius 3 is 2.09 bits per heavy atom. The molecule has 2 N–H and O–H groups in total. The van der Waals surface area contributed by atoms with Crippen LogP contribution in [-0.2, 0) is 19.0 Å². The monoisotopic (exact) mass is 440 g/mol. The third-order valence-electron chi connectivity index (χ3n) is 4.77. The molecule has 0 saturated carbocycles. The first-order chi connectivity index (χ1) is 15.2. The average molecular weight is 440 g/mol. The number of nitrogens with one attached hydrogen (secondary N) is 2. The fourth-order valence-electron chi connectivity index (χ4n) is 3.51. The topological polar surface area (TPSA) is 103 Å². The lowest BCUT2D eigenvalue weighted by Gasteiger charge is -2.19. The van der Waals surface area contributed by atoms with Gasteiger partial charge in [0, 0.05) is 19.0 Å². The van der Waals surface area contributed by atoms with E-state index in [1.54, 1.807) is 20.8 Å². The van der Waals surface area contributed by atoms with Gasteiger partial charge in [-0.2, -0.15) is 0 Å². The number of amides is 1. The van der Waals surface area contributed by atoms with Gasteiger partial charge in [0.25, 0.3) is 0 Å². The van der Waals surface area contributed by atoms with E-state index in [-0.39, 0.29) is 25.6 Å². The Bertz CT molecular complexity index is 937. The van der Waals surface area contributed by atoms with Crippen LogP contribution in [-0.4, -0.2) is 50.1 Å². The maximum Gasteiger partial charge on any atom is 0.516 e. The van der Waals surface area contributed by atoms with Crippen LogP contribution in [0.25, 0.3) is 11.1 Å². The van der Waals surface area contributed by atoms with E-state index in [1.807, 2.05) is 48.5 Å². The van der Waals surface area contributed by atoms with E-state index in [0.717, 1.165) is 22.3 Å². The highest BCUT2D eigenvalue weighted by Gasteiger charge is 2.29. The Balaban J connectivity index is 1.38. The van der Waals surface area contributed by atoms with Crippen LogP contribution in [0.5, 0.6) is 0 Å². The van der Waals surface area contributed by atoms with Crippen molar-refractivity contribution in [2.75, 3.05) is 26.2 Å². The normalized spacial score (nSPS) is 12.5. The van der Waals surface area contributed by atoms with Crippen LogP contribution >= 0.6 is 0 Å². The van der Waals surface area contributed by atoms with Gasteiger partial charge in [0.2, 0.25) is 0 Å². The molecule has 1 amide bonds. The molecule has 0 saturated heterocycles. The fraction of sp³-hybridized carbons (Fsp3) is 0.375. The molecule has 0 radical (unpaired) electrons. The van der Waals surface area contributed by atoms with Gasteiger partial charge in [0.15, 0.2) is 0 Å². The van der Waals surface area contributed by atoms with Crippen molar-refractivity contribution in [3.63, 3.8) is 0 Å². The number of carbonyl (C=O) groups excluding carboxylic acids is 3. The van der Waals surface area contributed by atoms with Gasteiger partial charge in [-0.25, -0.2) is 9.59 Å². The summed E-state index contributed by atoms with van der Waals surface area (Å²) in [5.41, 5.74) is 3.80. The third kappa shape index (κ3) is 6.31. The summed E-state index contributed by atoms with van der Waals surface area (Å²) in [7, 11) is 0. The first-order valence-electron chi connectivity index (χ1n) is 10.5. The zero-order valence-corrected chi connectivity index (χ0v) is 18.5. The number of carbonyl (C=O) groups is 3. The number of ether oxygens (including phenoxy) is 3. The van der Waals surface area contributed by atoms with Crippen molar-refractivity contribution in [3.8, 4) is 11.1 Å². The molecule has 0 spiro atoms. The smallest absolute Gasteiger partial charge is 0.444 e. The maximum absolute atomic E-state index is 12.0. The highest BCUT2D eigenvalue weighted by molar-refractivity contribution is 5.83. The molecule has 3 rings (SSSR count). The summed E-state index contributed by atoms with van der Waals surface area (Å²) in [4.78, 5) is 35.3. The van der Waals surface area contributed by atoms with Crippen molar-refractivity contribution in [3.05, 3.63) is 59.7 Å². The average Bonchev–Trinajstić information content (AvgIpc) is 3.04. The summed E-state index contributed by atoms with van der Waals surface area (Å²) in [5, 5.41) is 5.33. The lowest BCUT2D eigenvalue weighted by Crippen LogP contribution is -2.37. The first-order valence-corrected chi connectivity index (χ1v) is 10.5. The van der Waals surface area contributed by atoms with E-state index in [9.17, 15) is 14.4 Å². The summed E-state index contributed by atoms with van der Waals surface area (Å²) in [6.07, 6.45) is -1.58. The standard InChI is InChI=1S/C24H28N2O6/c1-24(2,3)32-22(28)26-13-12-25-14-21(27)31-23(29)30-15-20-18-10-6-4-8-16(18)17-9-5-7-11-19(17)20/h4-11,20,25H,12-15H2,1-3H3,(H,26,28). The maximum atomic E-state index is 12.0. The highest BCUT2D eigenvalue weighted by atomic mass is 16.7. The second-order valence-electron chi connectivity index (χ2n) is 8.37. The van der Waals surface area contributed by atoms with Crippen LogP contribution in [0, 0.1) is 0 Å². The van der Waals surface area contributed by atoms with E-state index in [4.69, 9.17) is 14.2 Å². The zero-order chi connectivity index (χ0) is 23.1. The number of hydrogen-bond acceptors (Lipinski definition) is 7. The van der Waals surface area contributed by atoms with Crippen LogP contribution in [0.4, 0.5) is 9.59 Å². The summed E-state index contributed by atoms with van der Waals surface area (Å²) in [6.45, 7) is 5.75. The molecule has 32 heavy (non-hydrogen) atoms. The minimum Gasteiger partial charge on any atom is -0.444 e. The predicted octanol–water partition coefficient (Wildman–Crippen LogP) is 3.59. The molecule has 0 aromatic heterocycles. The van der Waals surface area contributed by atoms with Gasteiger partial charge in [-0.3, -0.25) is 4.79 Å². The van der Waals surface area contributed by atoms with Crippen molar-refractivity contribution in [1.82, 2.24) is 10.6 Å². The number of esters is 1. The molecule has 170 valence electrons. The Kier molecular flexibility index (Phi) is 7.48. The van der Waals surface area contributed by atoms with E-state index < -0.39 is 23.8 Å². The van der Waals surface area contributed by atoms with Gasteiger partial charge in [-0.15, -0.1) is 0 Å². The molecule has 0 heterocycles. The van der Waals surface area contributed by atoms with Crippen LogP contribution in [0.2, 0.25) is 0 Å². The molecular formula is C24H28N2O6. The Hall–Kier alpha value is -3.39. The second kappa shape index (κ2) is 10.3. The van der Waals surface area contributed by atoms with E-state index >= 15 is 0 Å². The molecule has 8 heteroatoms. The Morgan fingerprint density at radius 2 is 1.50 bits per heavy atom. The van der Waals surface area contributed by atoms with Crippen LogP contribution in [0.15, 0.2) is 48.5 Å². The SMILES string of the molecule is CC(C)(C)OC(=O)NCCNCC(=O)OC(=O)OCC1c2ccccc2-c2ccccc21. The zero-order valence-electron chi connectivity index (χ0n) is 18.5. The number of rotatable bonds is 7. The summed E-state index contributed by atoms with van der Waals surface area (Å²) < 4.78 is 15.0. The first kappa shape index (κ1) is 23.3. The molecule has 2 aromatic rings. The van der Waals surface area contributed by atoms with Crippen molar-refractivity contribution >= 4 is 18.2 Å². The van der Waals surface area contributed by atoms with Crippen LogP contribution in [0.3, 0.4) is 0 Å². The van der Waals surface area contributed by atoms with Gasteiger partial charge >= 0.3 is 18.2 Å². The largest absolute Gasteiger partial charge is 0.516 e.